The van der Waals surface area contributed by atoms with E-state index in [0.717, 1.165) is 43.0 Å². The lowest BCUT2D eigenvalue weighted by Gasteiger charge is -2.38. The normalized spacial score (nSPS) is 18.0. The molecule has 144 valence electrons. The van der Waals surface area contributed by atoms with Crippen LogP contribution >= 0.6 is 15.9 Å². The Labute approximate surface area is 170 Å². The summed E-state index contributed by atoms with van der Waals surface area (Å²) in [7, 11) is 1.82. The Balaban J connectivity index is 1.69. The first-order valence-electron chi connectivity index (χ1n) is 9.49. The summed E-state index contributed by atoms with van der Waals surface area (Å²) in [6.45, 7) is 4.58. The lowest BCUT2D eigenvalue weighted by atomic mass is 9.74. The van der Waals surface area contributed by atoms with Crippen molar-refractivity contribution in [3.8, 4) is 0 Å². The smallest absolute Gasteiger partial charge is 0.191 e. The number of nitrogens with one attached hydrogen (secondary N) is 2. The van der Waals surface area contributed by atoms with Crippen LogP contribution in [0.25, 0.3) is 0 Å². The number of ether oxygens (including phenoxy) is 1. The third-order valence-electron chi connectivity index (χ3n) is 5.38. The summed E-state index contributed by atoms with van der Waals surface area (Å²) in [5.74, 6) is 0.828. The summed E-state index contributed by atoms with van der Waals surface area (Å²) in [5.41, 5.74) is 2.66. The summed E-state index contributed by atoms with van der Waals surface area (Å²) in [4.78, 5) is 4.43. The largest absolute Gasteiger partial charge is 0.381 e. The average Bonchev–Trinajstić information content (AvgIpc) is 2.72. The maximum Gasteiger partial charge on any atom is 0.191 e. The van der Waals surface area contributed by atoms with Crippen LogP contribution in [-0.2, 0) is 10.2 Å². The molecule has 2 aromatic carbocycles. The van der Waals surface area contributed by atoms with Crippen LogP contribution in [0.1, 0.15) is 36.9 Å². The molecule has 2 N–H and O–H groups in total. The topological polar surface area (TPSA) is 45.7 Å². The van der Waals surface area contributed by atoms with Crippen LogP contribution in [0.5, 0.6) is 0 Å². The zero-order valence-electron chi connectivity index (χ0n) is 16.0. The first kappa shape index (κ1) is 19.9. The fourth-order valence-corrected chi connectivity index (χ4v) is 3.88. The number of rotatable bonds is 5. The van der Waals surface area contributed by atoms with Crippen LogP contribution in [0.3, 0.4) is 0 Å². The van der Waals surface area contributed by atoms with Gasteiger partial charge in [-0.1, -0.05) is 58.4 Å². The fourth-order valence-electron chi connectivity index (χ4n) is 3.61. The van der Waals surface area contributed by atoms with Gasteiger partial charge in [-0.25, -0.2) is 0 Å². The Morgan fingerprint density at radius 2 is 1.78 bits per heavy atom. The Hall–Kier alpha value is -1.85. The minimum Gasteiger partial charge on any atom is -0.381 e. The molecule has 4 nitrogen and oxygen atoms in total. The Morgan fingerprint density at radius 1 is 1.11 bits per heavy atom. The third-order valence-corrected chi connectivity index (χ3v) is 5.91. The van der Waals surface area contributed by atoms with Gasteiger partial charge in [0.1, 0.15) is 0 Å². The second-order valence-corrected chi connectivity index (χ2v) is 8.02. The van der Waals surface area contributed by atoms with Gasteiger partial charge in [-0.3, -0.25) is 4.99 Å². The number of hydrogen-bond acceptors (Lipinski definition) is 2. The van der Waals surface area contributed by atoms with Gasteiger partial charge in [-0.15, -0.1) is 0 Å². The van der Waals surface area contributed by atoms with E-state index in [-0.39, 0.29) is 11.5 Å². The van der Waals surface area contributed by atoms with Gasteiger partial charge in [-0.05, 0) is 43.0 Å². The number of aliphatic imine (C=N–C) groups is 1. The van der Waals surface area contributed by atoms with Gasteiger partial charge in [0, 0.05) is 36.7 Å². The van der Waals surface area contributed by atoms with Gasteiger partial charge < -0.3 is 15.4 Å². The standard InChI is InChI=1S/C22H28BrN3O/c1-17(18-6-4-3-5-7-18)26-21(24-2)25-16-22(12-14-27-15-13-22)19-8-10-20(23)11-9-19/h3-11,17H,12-16H2,1-2H3,(H2,24,25,26). The van der Waals surface area contributed by atoms with E-state index in [1.54, 1.807) is 0 Å². The number of nitrogens with zero attached hydrogens (tertiary/aromatic N) is 1. The van der Waals surface area contributed by atoms with E-state index in [2.05, 4.69) is 87.0 Å². The molecule has 0 spiro atoms. The summed E-state index contributed by atoms with van der Waals surface area (Å²) < 4.78 is 6.75. The van der Waals surface area contributed by atoms with Crippen molar-refractivity contribution in [3.63, 3.8) is 0 Å². The molecule has 0 radical (unpaired) electrons. The lowest BCUT2D eigenvalue weighted by Crippen LogP contribution is -2.48. The van der Waals surface area contributed by atoms with Gasteiger partial charge >= 0.3 is 0 Å². The summed E-state index contributed by atoms with van der Waals surface area (Å²) in [5, 5.41) is 7.07. The predicted octanol–water partition coefficient (Wildman–Crippen LogP) is 4.42. The molecular formula is C22H28BrN3O. The third kappa shape index (κ3) is 5.11. The van der Waals surface area contributed by atoms with Gasteiger partial charge in [-0.2, -0.15) is 0 Å². The highest BCUT2D eigenvalue weighted by Gasteiger charge is 2.34. The highest BCUT2D eigenvalue weighted by molar-refractivity contribution is 9.10. The van der Waals surface area contributed by atoms with Crippen LogP contribution in [0.4, 0.5) is 0 Å². The number of hydrogen-bond donors (Lipinski definition) is 2. The van der Waals surface area contributed by atoms with Crippen LogP contribution in [0.15, 0.2) is 64.1 Å². The van der Waals surface area contributed by atoms with E-state index < -0.39 is 0 Å². The SMILES string of the molecule is CN=C(NCC1(c2ccc(Br)cc2)CCOCC1)NC(C)c1ccccc1. The first-order valence-corrected chi connectivity index (χ1v) is 10.3. The van der Waals surface area contributed by atoms with Crippen molar-refractivity contribution in [1.29, 1.82) is 0 Å². The molecule has 0 amide bonds. The van der Waals surface area contributed by atoms with E-state index in [0.29, 0.717) is 0 Å². The second kappa shape index (κ2) is 9.38. The average molecular weight is 430 g/mol. The van der Waals surface area contributed by atoms with Crippen LogP contribution in [0.2, 0.25) is 0 Å². The fraction of sp³-hybridized carbons (Fsp3) is 0.409. The Morgan fingerprint density at radius 3 is 2.41 bits per heavy atom. The van der Waals surface area contributed by atoms with Crippen LogP contribution < -0.4 is 10.6 Å². The summed E-state index contributed by atoms with van der Waals surface area (Å²) in [6, 6.07) is 19.3. The van der Waals surface area contributed by atoms with Gasteiger partial charge in [0.25, 0.3) is 0 Å². The van der Waals surface area contributed by atoms with Gasteiger partial charge in [0.15, 0.2) is 5.96 Å². The molecule has 1 saturated heterocycles. The van der Waals surface area contributed by atoms with Crippen molar-refractivity contribution in [1.82, 2.24) is 10.6 Å². The monoisotopic (exact) mass is 429 g/mol. The van der Waals surface area contributed by atoms with Gasteiger partial charge in [0.2, 0.25) is 0 Å². The molecule has 2 aromatic rings. The molecule has 1 heterocycles. The van der Waals surface area contributed by atoms with E-state index >= 15 is 0 Å². The minimum absolute atomic E-state index is 0.0621. The molecule has 0 saturated carbocycles. The maximum atomic E-state index is 5.64. The van der Waals surface area contributed by atoms with Crippen molar-refractivity contribution in [2.75, 3.05) is 26.8 Å². The number of guanidine groups is 1. The molecule has 1 aliphatic heterocycles. The molecule has 0 aliphatic carbocycles. The minimum atomic E-state index is 0.0621. The molecule has 1 unspecified atom stereocenters. The first-order chi connectivity index (χ1) is 13.1. The molecule has 1 aliphatic rings. The lowest BCUT2D eigenvalue weighted by molar-refractivity contribution is 0.0513. The zero-order valence-corrected chi connectivity index (χ0v) is 17.6. The van der Waals surface area contributed by atoms with Crippen molar-refractivity contribution >= 4 is 21.9 Å². The molecule has 0 aromatic heterocycles. The molecule has 3 rings (SSSR count). The Bertz CT molecular complexity index is 740. The maximum absolute atomic E-state index is 5.64. The molecule has 27 heavy (non-hydrogen) atoms. The summed E-state index contributed by atoms with van der Waals surface area (Å²) >= 11 is 3.54. The molecule has 5 heteroatoms. The zero-order chi connectivity index (χ0) is 19.1. The molecule has 1 atom stereocenters. The van der Waals surface area contributed by atoms with E-state index in [1.165, 1.54) is 11.1 Å². The van der Waals surface area contributed by atoms with Crippen molar-refractivity contribution < 1.29 is 4.74 Å². The highest BCUT2D eigenvalue weighted by Crippen LogP contribution is 2.35. The van der Waals surface area contributed by atoms with Crippen LogP contribution in [0, 0.1) is 0 Å². The van der Waals surface area contributed by atoms with E-state index in [1.807, 2.05) is 13.1 Å². The van der Waals surface area contributed by atoms with E-state index in [4.69, 9.17) is 4.74 Å². The predicted molar refractivity (Wildman–Crippen MR) is 115 cm³/mol. The number of benzene rings is 2. The summed E-state index contributed by atoms with van der Waals surface area (Å²) in [6.07, 6.45) is 2.01. The number of halogens is 1. The van der Waals surface area contributed by atoms with E-state index in [9.17, 15) is 0 Å². The molecule has 1 fully saturated rings. The van der Waals surface area contributed by atoms with Crippen molar-refractivity contribution in [2.45, 2.75) is 31.2 Å². The highest BCUT2D eigenvalue weighted by atomic mass is 79.9. The van der Waals surface area contributed by atoms with Gasteiger partial charge in [0.05, 0.1) is 6.04 Å². The van der Waals surface area contributed by atoms with Crippen LogP contribution in [-0.4, -0.2) is 32.8 Å². The second-order valence-electron chi connectivity index (χ2n) is 7.10. The molecular weight excluding hydrogens is 402 g/mol. The van der Waals surface area contributed by atoms with Crippen molar-refractivity contribution in [3.05, 3.63) is 70.2 Å². The quantitative estimate of drug-likeness (QED) is 0.545. The Kier molecular flexibility index (Phi) is 6.91. The van der Waals surface area contributed by atoms with Crippen molar-refractivity contribution in [2.24, 2.45) is 4.99 Å². The molecule has 0 bridgehead atoms.